The Hall–Kier alpha value is -0.550. The molecule has 12 heavy (non-hydrogen) atoms. The van der Waals surface area contributed by atoms with Gasteiger partial charge in [0.05, 0.1) is 12.1 Å². The van der Waals surface area contributed by atoms with Crippen molar-refractivity contribution in [3.8, 4) is 6.07 Å². The van der Waals surface area contributed by atoms with Crippen LogP contribution in [-0.2, 0) is 0 Å². The molecule has 0 fully saturated rings. The van der Waals surface area contributed by atoms with Crippen molar-refractivity contribution in [1.82, 2.24) is 4.90 Å². The molecule has 2 nitrogen and oxygen atoms in total. The SMILES string of the molecule is CCCN(C(C)C)C(C#N)CC. The maximum atomic E-state index is 8.88. The largest absolute Gasteiger partial charge is 0.286 e. The van der Waals surface area contributed by atoms with Crippen molar-refractivity contribution in [2.24, 2.45) is 0 Å². The van der Waals surface area contributed by atoms with Crippen molar-refractivity contribution >= 4 is 0 Å². The van der Waals surface area contributed by atoms with Gasteiger partial charge in [-0.05, 0) is 33.2 Å². The first-order valence-electron chi connectivity index (χ1n) is 4.82. The lowest BCUT2D eigenvalue weighted by Gasteiger charge is -2.29. The Morgan fingerprint density at radius 1 is 1.33 bits per heavy atom. The van der Waals surface area contributed by atoms with E-state index in [-0.39, 0.29) is 6.04 Å². The molecule has 0 bridgehead atoms. The average molecular weight is 168 g/mol. The predicted octanol–water partition coefficient (Wildman–Crippen LogP) is 2.41. The van der Waals surface area contributed by atoms with Crippen molar-refractivity contribution in [3.63, 3.8) is 0 Å². The molecule has 0 spiro atoms. The van der Waals surface area contributed by atoms with E-state index in [0.29, 0.717) is 6.04 Å². The molecule has 0 aromatic carbocycles. The van der Waals surface area contributed by atoms with Gasteiger partial charge in [-0.2, -0.15) is 5.26 Å². The van der Waals surface area contributed by atoms with Crippen LogP contribution >= 0.6 is 0 Å². The van der Waals surface area contributed by atoms with Gasteiger partial charge in [-0.15, -0.1) is 0 Å². The van der Waals surface area contributed by atoms with E-state index in [9.17, 15) is 0 Å². The van der Waals surface area contributed by atoms with Crippen molar-refractivity contribution in [1.29, 1.82) is 5.26 Å². The maximum Gasteiger partial charge on any atom is 0.0977 e. The molecule has 0 aliphatic carbocycles. The molecule has 1 atom stereocenters. The van der Waals surface area contributed by atoms with Crippen LogP contribution in [0.4, 0.5) is 0 Å². The summed E-state index contributed by atoms with van der Waals surface area (Å²) in [4.78, 5) is 2.26. The third-order valence-corrected chi connectivity index (χ3v) is 2.08. The van der Waals surface area contributed by atoms with E-state index in [0.717, 1.165) is 19.4 Å². The minimum absolute atomic E-state index is 0.102. The molecule has 0 heterocycles. The molecule has 0 radical (unpaired) electrons. The third-order valence-electron chi connectivity index (χ3n) is 2.08. The summed E-state index contributed by atoms with van der Waals surface area (Å²) in [5.74, 6) is 0. The van der Waals surface area contributed by atoms with E-state index >= 15 is 0 Å². The first-order valence-corrected chi connectivity index (χ1v) is 4.82. The van der Waals surface area contributed by atoms with Crippen LogP contribution in [0, 0.1) is 11.3 Å². The normalized spacial score (nSPS) is 13.4. The highest BCUT2D eigenvalue weighted by molar-refractivity contribution is 4.91. The zero-order valence-corrected chi connectivity index (χ0v) is 8.67. The van der Waals surface area contributed by atoms with Gasteiger partial charge in [0.15, 0.2) is 0 Å². The van der Waals surface area contributed by atoms with Gasteiger partial charge >= 0.3 is 0 Å². The first-order chi connectivity index (χ1) is 5.67. The molecule has 0 saturated carbocycles. The van der Waals surface area contributed by atoms with E-state index in [2.05, 4.69) is 38.7 Å². The van der Waals surface area contributed by atoms with Crippen LogP contribution in [-0.4, -0.2) is 23.5 Å². The number of hydrogen-bond acceptors (Lipinski definition) is 2. The molecule has 0 amide bonds. The van der Waals surface area contributed by atoms with Crippen LogP contribution in [0.15, 0.2) is 0 Å². The first kappa shape index (κ1) is 11.4. The second-order valence-corrected chi connectivity index (χ2v) is 3.38. The fourth-order valence-corrected chi connectivity index (χ4v) is 1.43. The smallest absolute Gasteiger partial charge is 0.0977 e. The van der Waals surface area contributed by atoms with Crippen LogP contribution in [0.2, 0.25) is 0 Å². The fourth-order valence-electron chi connectivity index (χ4n) is 1.43. The van der Waals surface area contributed by atoms with E-state index in [4.69, 9.17) is 5.26 Å². The van der Waals surface area contributed by atoms with Crippen molar-refractivity contribution in [3.05, 3.63) is 0 Å². The van der Waals surface area contributed by atoms with E-state index < -0.39 is 0 Å². The van der Waals surface area contributed by atoms with Gasteiger partial charge in [0.25, 0.3) is 0 Å². The van der Waals surface area contributed by atoms with E-state index in [1.807, 2.05) is 0 Å². The van der Waals surface area contributed by atoms with Crippen LogP contribution in [0.25, 0.3) is 0 Å². The molecule has 0 aliphatic heterocycles. The minimum atomic E-state index is 0.102. The number of rotatable bonds is 5. The monoisotopic (exact) mass is 168 g/mol. The van der Waals surface area contributed by atoms with Gasteiger partial charge in [0.2, 0.25) is 0 Å². The minimum Gasteiger partial charge on any atom is -0.286 e. The van der Waals surface area contributed by atoms with Gasteiger partial charge in [-0.1, -0.05) is 13.8 Å². The Labute approximate surface area is 76.2 Å². The predicted molar refractivity (Wildman–Crippen MR) is 51.8 cm³/mol. The lowest BCUT2D eigenvalue weighted by atomic mass is 10.1. The Bertz CT molecular complexity index is 146. The highest BCUT2D eigenvalue weighted by Crippen LogP contribution is 2.08. The highest BCUT2D eigenvalue weighted by atomic mass is 15.2. The van der Waals surface area contributed by atoms with Crippen LogP contribution in [0.3, 0.4) is 0 Å². The topological polar surface area (TPSA) is 27.0 Å². The maximum absolute atomic E-state index is 8.88. The van der Waals surface area contributed by atoms with Crippen molar-refractivity contribution in [2.75, 3.05) is 6.54 Å². The summed E-state index contributed by atoms with van der Waals surface area (Å²) in [5, 5.41) is 8.88. The second-order valence-electron chi connectivity index (χ2n) is 3.38. The summed E-state index contributed by atoms with van der Waals surface area (Å²) in [6.07, 6.45) is 2.05. The molecule has 0 aromatic heterocycles. The van der Waals surface area contributed by atoms with E-state index in [1.165, 1.54) is 0 Å². The Morgan fingerprint density at radius 3 is 2.17 bits per heavy atom. The van der Waals surface area contributed by atoms with Gasteiger partial charge in [-0.3, -0.25) is 4.90 Å². The third kappa shape index (κ3) is 3.23. The summed E-state index contributed by atoms with van der Waals surface area (Å²) in [6.45, 7) is 9.55. The highest BCUT2D eigenvalue weighted by Gasteiger charge is 2.17. The van der Waals surface area contributed by atoms with Crippen molar-refractivity contribution < 1.29 is 0 Å². The van der Waals surface area contributed by atoms with E-state index in [1.54, 1.807) is 0 Å². The lowest BCUT2D eigenvalue weighted by molar-refractivity contribution is 0.182. The summed E-state index contributed by atoms with van der Waals surface area (Å²) in [6, 6.07) is 2.93. The van der Waals surface area contributed by atoms with Gasteiger partial charge in [0.1, 0.15) is 0 Å². The zero-order chi connectivity index (χ0) is 9.56. The molecule has 0 saturated heterocycles. The standard InChI is InChI=1S/C10H20N2/c1-5-7-12(9(3)4)10(6-2)8-11/h9-10H,5-7H2,1-4H3. The molecule has 0 aromatic rings. The Kier molecular flexibility index (Phi) is 5.74. The number of hydrogen-bond donors (Lipinski definition) is 0. The molecule has 0 N–H and O–H groups in total. The molecule has 2 heteroatoms. The average Bonchev–Trinajstić information content (AvgIpc) is 2.05. The number of nitrogens with zero attached hydrogens (tertiary/aromatic N) is 2. The lowest BCUT2D eigenvalue weighted by Crippen LogP contribution is -2.39. The Balaban J connectivity index is 4.17. The zero-order valence-electron chi connectivity index (χ0n) is 8.67. The van der Waals surface area contributed by atoms with Crippen LogP contribution in [0.5, 0.6) is 0 Å². The molecule has 0 aliphatic rings. The summed E-state index contributed by atoms with van der Waals surface area (Å²) < 4.78 is 0. The van der Waals surface area contributed by atoms with Crippen molar-refractivity contribution in [2.45, 2.75) is 52.6 Å². The van der Waals surface area contributed by atoms with Gasteiger partial charge in [-0.25, -0.2) is 0 Å². The molecular formula is C10H20N2. The second kappa shape index (κ2) is 6.02. The molecular weight excluding hydrogens is 148 g/mol. The molecule has 70 valence electrons. The number of nitriles is 1. The van der Waals surface area contributed by atoms with Gasteiger partial charge in [0, 0.05) is 6.04 Å². The van der Waals surface area contributed by atoms with Gasteiger partial charge < -0.3 is 0 Å². The van der Waals surface area contributed by atoms with Crippen LogP contribution < -0.4 is 0 Å². The fraction of sp³-hybridized carbons (Fsp3) is 0.900. The molecule has 0 rings (SSSR count). The Morgan fingerprint density at radius 2 is 1.92 bits per heavy atom. The molecule has 1 unspecified atom stereocenters. The summed E-state index contributed by atoms with van der Waals surface area (Å²) >= 11 is 0. The van der Waals surface area contributed by atoms with Crippen LogP contribution in [0.1, 0.15) is 40.5 Å². The summed E-state index contributed by atoms with van der Waals surface area (Å²) in [7, 11) is 0. The quantitative estimate of drug-likeness (QED) is 0.630. The summed E-state index contributed by atoms with van der Waals surface area (Å²) in [5.41, 5.74) is 0.